The van der Waals surface area contributed by atoms with Crippen molar-refractivity contribution in [3.05, 3.63) is 0 Å². The first kappa shape index (κ1) is 14.4. The number of carbonyl (C=O) groups is 1. The van der Waals surface area contributed by atoms with Crippen LogP contribution in [-0.2, 0) is 4.79 Å². The van der Waals surface area contributed by atoms with Crippen molar-refractivity contribution in [2.45, 2.75) is 46.6 Å². The number of rotatable bonds is 7. The van der Waals surface area contributed by atoms with E-state index >= 15 is 0 Å². The summed E-state index contributed by atoms with van der Waals surface area (Å²) in [5.41, 5.74) is 0. The summed E-state index contributed by atoms with van der Waals surface area (Å²) in [5.74, 6) is 0.807. The maximum absolute atomic E-state index is 11.6. The van der Waals surface area contributed by atoms with E-state index in [1.165, 1.54) is 0 Å². The van der Waals surface area contributed by atoms with Gasteiger partial charge in [0.15, 0.2) is 0 Å². The molecule has 0 aromatic carbocycles. The van der Waals surface area contributed by atoms with E-state index in [4.69, 9.17) is 0 Å². The molecule has 0 bridgehead atoms. The second kappa shape index (κ2) is 7.69. The van der Waals surface area contributed by atoms with E-state index in [1.54, 1.807) is 0 Å². The first-order chi connectivity index (χ1) is 6.93. The minimum atomic E-state index is 0.259. The second-order valence-corrected chi connectivity index (χ2v) is 4.88. The molecule has 1 amide bonds. The van der Waals surface area contributed by atoms with Crippen LogP contribution in [0.5, 0.6) is 0 Å². The molecule has 0 aliphatic rings. The van der Waals surface area contributed by atoms with E-state index < -0.39 is 0 Å². The van der Waals surface area contributed by atoms with Crippen LogP contribution in [-0.4, -0.2) is 37.0 Å². The highest BCUT2D eigenvalue weighted by Crippen LogP contribution is 2.00. The van der Waals surface area contributed by atoms with E-state index in [9.17, 15) is 4.79 Å². The highest BCUT2D eigenvalue weighted by molar-refractivity contribution is 5.75. The summed E-state index contributed by atoms with van der Waals surface area (Å²) in [6.45, 7) is 10.3. The molecule has 0 heterocycles. The van der Waals surface area contributed by atoms with Crippen molar-refractivity contribution in [3.8, 4) is 0 Å². The third kappa shape index (κ3) is 8.43. The lowest BCUT2D eigenvalue weighted by Gasteiger charge is -2.19. The molecule has 90 valence electrons. The van der Waals surface area contributed by atoms with Crippen molar-refractivity contribution in [3.63, 3.8) is 0 Å². The molecular weight excluding hydrogens is 188 g/mol. The lowest BCUT2D eigenvalue weighted by molar-refractivity contribution is -0.130. The van der Waals surface area contributed by atoms with Crippen LogP contribution in [0.1, 0.15) is 40.5 Å². The topological polar surface area (TPSA) is 32.3 Å². The Morgan fingerprint density at radius 3 is 2.33 bits per heavy atom. The summed E-state index contributed by atoms with van der Waals surface area (Å²) in [5, 5.41) is 3.31. The second-order valence-electron chi connectivity index (χ2n) is 4.88. The molecule has 0 saturated heterocycles. The fraction of sp³-hybridized carbons (Fsp3) is 0.917. The van der Waals surface area contributed by atoms with Crippen LogP contribution < -0.4 is 5.32 Å². The zero-order valence-corrected chi connectivity index (χ0v) is 10.8. The van der Waals surface area contributed by atoms with Gasteiger partial charge in [-0.1, -0.05) is 27.7 Å². The molecule has 15 heavy (non-hydrogen) atoms. The molecule has 1 N–H and O–H groups in total. The fourth-order valence-corrected chi connectivity index (χ4v) is 1.47. The van der Waals surface area contributed by atoms with Gasteiger partial charge in [-0.3, -0.25) is 4.79 Å². The molecule has 0 spiro atoms. The fourth-order valence-electron chi connectivity index (χ4n) is 1.47. The summed E-state index contributed by atoms with van der Waals surface area (Å²) in [7, 11) is 1.89. The van der Waals surface area contributed by atoms with Crippen LogP contribution in [0.25, 0.3) is 0 Å². The zero-order valence-electron chi connectivity index (χ0n) is 10.8. The van der Waals surface area contributed by atoms with E-state index in [1.807, 2.05) is 11.9 Å². The normalized spacial score (nSPS) is 11.1. The summed E-state index contributed by atoms with van der Waals surface area (Å²) in [6.07, 6.45) is 1.59. The van der Waals surface area contributed by atoms with Crippen LogP contribution in [0.2, 0.25) is 0 Å². The van der Waals surface area contributed by atoms with Gasteiger partial charge in [-0.2, -0.15) is 0 Å². The van der Waals surface area contributed by atoms with E-state index in [-0.39, 0.29) is 5.91 Å². The maximum atomic E-state index is 11.6. The molecule has 0 fully saturated rings. The molecule has 0 radical (unpaired) electrons. The Bertz CT molecular complexity index is 178. The SMILES string of the molecule is CC(C)CN(C)C(=O)CCCNC(C)C. The number of amides is 1. The molecule has 0 rings (SSSR count). The maximum Gasteiger partial charge on any atom is 0.222 e. The van der Waals surface area contributed by atoms with E-state index in [0.717, 1.165) is 19.5 Å². The summed E-state index contributed by atoms with van der Waals surface area (Å²) in [4.78, 5) is 13.5. The van der Waals surface area contributed by atoms with Gasteiger partial charge in [0, 0.05) is 26.1 Å². The van der Waals surface area contributed by atoms with E-state index in [0.29, 0.717) is 18.4 Å². The van der Waals surface area contributed by atoms with Crippen molar-refractivity contribution in [2.24, 2.45) is 5.92 Å². The largest absolute Gasteiger partial charge is 0.346 e. The summed E-state index contributed by atoms with van der Waals surface area (Å²) < 4.78 is 0. The van der Waals surface area contributed by atoms with Gasteiger partial charge in [0.25, 0.3) is 0 Å². The molecule has 3 nitrogen and oxygen atoms in total. The highest BCUT2D eigenvalue weighted by atomic mass is 16.2. The van der Waals surface area contributed by atoms with Crippen molar-refractivity contribution >= 4 is 5.91 Å². The van der Waals surface area contributed by atoms with Crippen molar-refractivity contribution < 1.29 is 4.79 Å². The Hall–Kier alpha value is -0.570. The van der Waals surface area contributed by atoms with Crippen molar-refractivity contribution in [1.82, 2.24) is 10.2 Å². The van der Waals surface area contributed by atoms with Crippen LogP contribution in [0, 0.1) is 5.92 Å². The van der Waals surface area contributed by atoms with E-state index in [2.05, 4.69) is 33.0 Å². The lowest BCUT2D eigenvalue weighted by Crippen LogP contribution is -2.31. The summed E-state index contributed by atoms with van der Waals surface area (Å²) in [6, 6.07) is 0.508. The van der Waals surface area contributed by atoms with Gasteiger partial charge in [0.2, 0.25) is 5.91 Å². The Labute approximate surface area is 94.2 Å². The Kier molecular flexibility index (Phi) is 7.39. The Balaban J connectivity index is 3.56. The predicted molar refractivity (Wildman–Crippen MR) is 64.8 cm³/mol. The first-order valence-corrected chi connectivity index (χ1v) is 5.90. The number of carbonyl (C=O) groups excluding carboxylic acids is 1. The van der Waals surface area contributed by atoms with Gasteiger partial charge in [0.1, 0.15) is 0 Å². The number of hydrogen-bond acceptors (Lipinski definition) is 2. The molecule has 0 atom stereocenters. The molecule has 0 aromatic rings. The molecule has 3 heteroatoms. The van der Waals surface area contributed by atoms with Crippen LogP contribution in [0.15, 0.2) is 0 Å². The van der Waals surface area contributed by atoms with Gasteiger partial charge >= 0.3 is 0 Å². The third-order valence-electron chi connectivity index (χ3n) is 2.18. The average molecular weight is 214 g/mol. The number of nitrogens with one attached hydrogen (secondary N) is 1. The van der Waals surface area contributed by atoms with Gasteiger partial charge < -0.3 is 10.2 Å². The number of hydrogen-bond donors (Lipinski definition) is 1. The molecular formula is C12H26N2O. The minimum absolute atomic E-state index is 0.259. The third-order valence-corrected chi connectivity index (χ3v) is 2.18. The van der Waals surface area contributed by atoms with Crippen LogP contribution in [0.3, 0.4) is 0 Å². The highest BCUT2D eigenvalue weighted by Gasteiger charge is 2.09. The zero-order chi connectivity index (χ0) is 11.8. The minimum Gasteiger partial charge on any atom is -0.346 e. The monoisotopic (exact) mass is 214 g/mol. The Morgan fingerprint density at radius 2 is 1.87 bits per heavy atom. The van der Waals surface area contributed by atoms with Crippen molar-refractivity contribution in [2.75, 3.05) is 20.1 Å². The van der Waals surface area contributed by atoms with Crippen molar-refractivity contribution in [1.29, 1.82) is 0 Å². The van der Waals surface area contributed by atoms with Gasteiger partial charge in [-0.15, -0.1) is 0 Å². The molecule has 0 aromatic heterocycles. The lowest BCUT2D eigenvalue weighted by atomic mass is 10.2. The smallest absolute Gasteiger partial charge is 0.222 e. The molecule has 0 unspecified atom stereocenters. The average Bonchev–Trinajstić information content (AvgIpc) is 2.10. The Morgan fingerprint density at radius 1 is 1.27 bits per heavy atom. The predicted octanol–water partition coefficient (Wildman–Crippen LogP) is 1.88. The van der Waals surface area contributed by atoms with Gasteiger partial charge in [0.05, 0.1) is 0 Å². The molecule has 0 saturated carbocycles. The first-order valence-electron chi connectivity index (χ1n) is 5.90. The van der Waals surface area contributed by atoms with Crippen LogP contribution in [0.4, 0.5) is 0 Å². The van der Waals surface area contributed by atoms with Crippen LogP contribution >= 0.6 is 0 Å². The van der Waals surface area contributed by atoms with Gasteiger partial charge in [-0.05, 0) is 18.9 Å². The molecule has 0 aliphatic carbocycles. The standard InChI is InChI=1S/C12H26N2O/c1-10(2)9-14(5)12(15)7-6-8-13-11(3)4/h10-11,13H,6-9H2,1-5H3. The quantitative estimate of drug-likeness (QED) is 0.656. The number of nitrogens with zero attached hydrogens (tertiary/aromatic N) is 1. The summed E-state index contributed by atoms with van der Waals surface area (Å²) >= 11 is 0. The van der Waals surface area contributed by atoms with Gasteiger partial charge in [-0.25, -0.2) is 0 Å². The molecule has 0 aliphatic heterocycles.